The van der Waals surface area contributed by atoms with Crippen LogP contribution in [0.5, 0.6) is 5.75 Å². The molecule has 2 aromatic rings. The fourth-order valence-corrected chi connectivity index (χ4v) is 3.18. The van der Waals surface area contributed by atoms with Crippen molar-refractivity contribution < 1.29 is 19.0 Å². The molecule has 0 aromatic heterocycles. The van der Waals surface area contributed by atoms with Gasteiger partial charge >= 0.3 is 5.97 Å². The molecule has 0 atom stereocenters. The molecule has 0 saturated carbocycles. The molecule has 1 aliphatic heterocycles. The first kappa shape index (κ1) is 20.4. The zero-order valence-corrected chi connectivity index (χ0v) is 17.4. The number of hydrogen-bond acceptors (Lipinski definition) is 6. The highest BCUT2D eigenvalue weighted by molar-refractivity contribution is 9.10. The Bertz CT molecular complexity index is 818. The second-order valence-corrected chi connectivity index (χ2v) is 7.07. The summed E-state index contributed by atoms with van der Waals surface area (Å²) in [6, 6.07) is 13.7. The first-order chi connectivity index (χ1) is 13.7. The number of carbonyl (C=O) groups excluding carboxylic acids is 1. The molecular weight excluding hydrogens is 424 g/mol. The van der Waals surface area contributed by atoms with Crippen LogP contribution in [0.2, 0.25) is 0 Å². The molecule has 1 fully saturated rings. The fourth-order valence-electron chi connectivity index (χ4n) is 2.81. The number of hydrogen-bond donors (Lipinski definition) is 0. The number of aliphatic imine (C=N–C) groups is 1. The van der Waals surface area contributed by atoms with E-state index in [9.17, 15) is 4.79 Å². The first-order valence-corrected chi connectivity index (χ1v) is 10.00. The Morgan fingerprint density at radius 2 is 1.96 bits per heavy atom. The van der Waals surface area contributed by atoms with Gasteiger partial charge in [0, 0.05) is 35.0 Å². The number of rotatable bonds is 7. The lowest BCUT2D eigenvalue weighted by molar-refractivity contribution is -0.145. The first-order valence-electron chi connectivity index (χ1n) is 9.20. The van der Waals surface area contributed by atoms with Crippen molar-refractivity contribution in [3.63, 3.8) is 0 Å². The van der Waals surface area contributed by atoms with Crippen molar-refractivity contribution in [3.8, 4) is 5.75 Å². The van der Waals surface area contributed by atoms with Crippen LogP contribution in [0.4, 0.5) is 11.4 Å². The van der Waals surface area contributed by atoms with E-state index in [-0.39, 0.29) is 6.61 Å². The molecule has 1 saturated heterocycles. The van der Waals surface area contributed by atoms with E-state index in [0.29, 0.717) is 12.4 Å². The molecule has 0 spiro atoms. The van der Waals surface area contributed by atoms with Gasteiger partial charge in [0.25, 0.3) is 0 Å². The average molecular weight is 447 g/mol. The molecule has 0 aliphatic carbocycles. The van der Waals surface area contributed by atoms with Crippen LogP contribution in [0.25, 0.3) is 0 Å². The Hall–Kier alpha value is -2.38. The Labute approximate surface area is 173 Å². The van der Waals surface area contributed by atoms with Crippen molar-refractivity contribution >= 4 is 39.5 Å². The minimum atomic E-state index is -0.396. The Morgan fingerprint density at radius 3 is 2.68 bits per heavy atom. The zero-order chi connectivity index (χ0) is 19.8. The van der Waals surface area contributed by atoms with E-state index >= 15 is 0 Å². The molecule has 6 nitrogen and oxygen atoms in total. The summed E-state index contributed by atoms with van der Waals surface area (Å²) < 4.78 is 16.8. The lowest BCUT2D eigenvalue weighted by Gasteiger charge is -2.28. The van der Waals surface area contributed by atoms with Crippen LogP contribution in [0.1, 0.15) is 12.5 Å². The Balaban J connectivity index is 1.68. The minimum absolute atomic E-state index is 0.134. The molecule has 3 rings (SSSR count). The average Bonchev–Trinajstić information content (AvgIpc) is 2.73. The van der Waals surface area contributed by atoms with Crippen LogP contribution in [-0.4, -0.2) is 51.7 Å². The van der Waals surface area contributed by atoms with E-state index < -0.39 is 5.97 Å². The van der Waals surface area contributed by atoms with Crippen LogP contribution in [-0.2, 0) is 14.3 Å². The molecule has 0 bridgehead atoms. The van der Waals surface area contributed by atoms with Crippen LogP contribution in [0.3, 0.4) is 0 Å². The quantitative estimate of drug-likeness (QED) is 0.475. The maximum absolute atomic E-state index is 11.5. The summed E-state index contributed by atoms with van der Waals surface area (Å²) in [6.07, 6.45) is 1.73. The molecule has 1 aliphatic rings. The van der Waals surface area contributed by atoms with Gasteiger partial charge in [0.1, 0.15) is 5.75 Å². The third-order valence-electron chi connectivity index (χ3n) is 4.20. The molecule has 0 amide bonds. The smallest absolute Gasteiger partial charge is 0.344 e. The Morgan fingerprint density at radius 1 is 1.21 bits per heavy atom. The number of morpholine rings is 1. The van der Waals surface area contributed by atoms with E-state index in [2.05, 4.69) is 38.0 Å². The maximum atomic E-state index is 11.5. The number of nitrogens with zero attached hydrogens (tertiary/aromatic N) is 2. The largest absolute Gasteiger partial charge is 0.481 e. The van der Waals surface area contributed by atoms with Crippen LogP contribution < -0.4 is 9.64 Å². The highest BCUT2D eigenvalue weighted by Gasteiger charge is 2.11. The number of halogens is 1. The van der Waals surface area contributed by atoms with E-state index in [4.69, 9.17) is 14.2 Å². The molecule has 1 heterocycles. The van der Waals surface area contributed by atoms with E-state index in [1.54, 1.807) is 19.2 Å². The highest BCUT2D eigenvalue weighted by Crippen LogP contribution is 2.24. The molecule has 0 unspecified atom stereocenters. The van der Waals surface area contributed by atoms with Crippen molar-refractivity contribution in [3.05, 3.63) is 52.5 Å². The number of benzene rings is 2. The van der Waals surface area contributed by atoms with Gasteiger partial charge in [0.15, 0.2) is 6.61 Å². The normalized spacial score (nSPS) is 14.3. The summed E-state index contributed by atoms with van der Waals surface area (Å²) in [4.78, 5) is 18.4. The van der Waals surface area contributed by atoms with Crippen LogP contribution in [0.15, 0.2) is 51.9 Å². The van der Waals surface area contributed by atoms with Gasteiger partial charge in [-0.15, -0.1) is 0 Å². The Kier molecular flexibility index (Phi) is 7.45. The monoisotopic (exact) mass is 446 g/mol. The van der Waals surface area contributed by atoms with Gasteiger partial charge in [-0.25, -0.2) is 4.79 Å². The van der Waals surface area contributed by atoms with Gasteiger partial charge in [0.2, 0.25) is 0 Å². The van der Waals surface area contributed by atoms with Crippen molar-refractivity contribution in [2.45, 2.75) is 6.92 Å². The summed E-state index contributed by atoms with van der Waals surface area (Å²) in [6.45, 7) is 5.29. The van der Waals surface area contributed by atoms with Gasteiger partial charge in [0.05, 0.1) is 25.5 Å². The summed E-state index contributed by atoms with van der Waals surface area (Å²) >= 11 is 3.46. The SMILES string of the molecule is CCOC(=O)COc1ccc(Br)cc1C=Nc1ccc(N2CCOCC2)cc1. The van der Waals surface area contributed by atoms with Gasteiger partial charge in [-0.2, -0.15) is 0 Å². The topological polar surface area (TPSA) is 60.4 Å². The van der Waals surface area contributed by atoms with Gasteiger partial charge in [-0.05, 0) is 49.4 Å². The van der Waals surface area contributed by atoms with Gasteiger partial charge in [-0.1, -0.05) is 15.9 Å². The number of ether oxygens (including phenoxy) is 3. The minimum Gasteiger partial charge on any atom is -0.481 e. The lowest BCUT2D eigenvalue weighted by Crippen LogP contribution is -2.36. The molecule has 28 heavy (non-hydrogen) atoms. The van der Waals surface area contributed by atoms with E-state index in [1.807, 2.05) is 24.3 Å². The zero-order valence-electron chi connectivity index (χ0n) is 15.8. The summed E-state index contributed by atoms with van der Waals surface area (Å²) in [5.74, 6) is 0.178. The fraction of sp³-hybridized carbons (Fsp3) is 0.333. The second-order valence-electron chi connectivity index (χ2n) is 6.15. The maximum Gasteiger partial charge on any atom is 0.344 e. The number of esters is 1. The van der Waals surface area contributed by atoms with Gasteiger partial charge in [-0.3, -0.25) is 4.99 Å². The predicted molar refractivity (Wildman–Crippen MR) is 113 cm³/mol. The lowest BCUT2D eigenvalue weighted by atomic mass is 10.2. The van der Waals surface area contributed by atoms with Gasteiger partial charge < -0.3 is 19.1 Å². The molecule has 7 heteroatoms. The second kappa shape index (κ2) is 10.2. The van der Waals surface area contributed by atoms with Crippen molar-refractivity contribution in [2.24, 2.45) is 4.99 Å². The van der Waals surface area contributed by atoms with E-state index in [0.717, 1.165) is 42.0 Å². The molecule has 148 valence electrons. The summed E-state index contributed by atoms with van der Waals surface area (Å²) in [7, 11) is 0. The standard InChI is InChI=1S/C21H23BrN2O4/c1-2-27-21(25)15-28-20-8-3-17(22)13-16(20)14-23-18-4-6-19(7-5-18)24-9-11-26-12-10-24/h3-8,13-14H,2,9-12,15H2,1H3. The highest BCUT2D eigenvalue weighted by atomic mass is 79.9. The third-order valence-corrected chi connectivity index (χ3v) is 4.69. The molecule has 0 N–H and O–H groups in total. The molecule has 2 aromatic carbocycles. The predicted octanol–water partition coefficient (Wildman–Crippen LogP) is 3.98. The number of anilines is 1. The summed E-state index contributed by atoms with van der Waals surface area (Å²) in [5, 5.41) is 0. The van der Waals surface area contributed by atoms with Crippen molar-refractivity contribution in [2.75, 3.05) is 44.4 Å². The van der Waals surface area contributed by atoms with E-state index in [1.165, 1.54) is 5.69 Å². The number of carbonyl (C=O) groups is 1. The van der Waals surface area contributed by atoms with Crippen molar-refractivity contribution in [1.82, 2.24) is 0 Å². The molecular formula is C21H23BrN2O4. The van der Waals surface area contributed by atoms with Crippen LogP contribution in [0, 0.1) is 0 Å². The third kappa shape index (κ3) is 5.81. The van der Waals surface area contributed by atoms with Crippen molar-refractivity contribution in [1.29, 1.82) is 0 Å². The summed E-state index contributed by atoms with van der Waals surface area (Å²) in [5.41, 5.74) is 2.78. The molecule has 0 radical (unpaired) electrons. The van der Waals surface area contributed by atoms with Crippen LogP contribution >= 0.6 is 15.9 Å².